The summed E-state index contributed by atoms with van der Waals surface area (Å²) in [7, 11) is 1.85. The second-order valence-corrected chi connectivity index (χ2v) is 9.97. The summed E-state index contributed by atoms with van der Waals surface area (Å²) < 4.78 is 3.52. The molecule has 1 fully saturated rings. The van der Waals surface area contributed by atoms with Gasteiger partial charge in [0.2, 0.25) is 11.5 Å². The number of aromatic nitrogens is 2. The van der Waals surface area contributed by atoms with E-state index in [-0.39, 0.29) is 23.9 Å². The van der Waals surface area contributed by atoms with E-state index in [2.05, 4.69) is 0 Å². The number of Topliss-reactive ketones (excluding diaryl/α,β-unsaturated/α-hetero) is 1. The maximum absolute atomic E-state index is 12.9. The van der Waals surface area contributed by atoms with Crippen LogP contribution in [0.15, 0.2) is 42.5 Å². The van der Waals surface area contributed by atoms with E-state index in [1.165, 1.54) is 12.8 Å². The van der Waals surface area contributed by atoms with Crippen molar-refractivity contribution < 1.29 is 9.59 Å². The molecule has 2 aromatic carbocycles. The molecular weight excluding hydrogens is 471 g/mol. The molecule has 0 radical (unpaired) electrons. The van der Waals surface area contributed by atoms with Crippen LogP contribution in [0.4, 0.5) is 0 Å². The molecule has 1 amide bonds. The van der Waals surface area contributed by atoms with Gasteiger partial charge < -0.3 is 14.0 Å². The summed E-state index contributed by atoms with van der Waals surface area (Å²) in [6.07, 6.45) is 6.10. The fourth-order valence-corrected chi connectivity index (χ4v) is 5.21. The average molecular weight is 501 g/mol. The lowest BCUT2D eigenvalue weighted by atomic mass is 10.0. The molecular formula is C26H30Cl2N4O2. The van der Waals surface area contributed by atoms with Gasteiger partial charge in [0.1, 0.15) is 0 Å². The number of rotatable bonds is 9. The Morgan fingerprint density at radius 2 is 1.76 bits per heavy atom. The molecule has 1 aliphatic rings. The van der Waals surface area contributed by atoms with Crippen molar-refractivity contribution in [1.29, 1.82) is 5.41 Å². The molecule has 3 aromatic rings. The largest absolute Gasteiger partial charge is 0.346 e. The molecule has 1 aliphatic carbocycles. The van der Waals surface area contributed by atoms with Crippen molar-refractivity contribution in [3.8, 4) is 0 Å². The summed E-state index contributed by atoms with van der Waals surface area (Å²) in [5, 5.41) is 9.90. The van der Waals surface area contributed by atoms with Crippen molar-refractivity contribution in [2.45, 2.75) is 51.6 Å². The molecule has 6 nitrogen and oxygen atoms in total. The minimum absolute atomic E-state index is 0.0318. The smallest absolute Gasteiger partial charge is 0.222 e. The Balaban J connectivity index is 1.49. The zero-order chi connectivity index (χ0) is 24.2. The van der Waals surface area contributed by atoms with Crippen LogP contribution in [-0.2, 0) is 17.9 Å². The number of amides is 1. The van der Waals surface area contributed by atoms with E-state index in [9.17, 15) is 9.59 Å². The summed E-state index contributed by atoms with van der Waals surface area (Å²) in [6.45, 7) is 1.17. The molecule has 0 unspecified atom stereocenters. The highest BCUT2D eigenvalue weighted by Gasteiger charge is 2.21. The Morgan fingerprint density at radius 1 is 1.06 bits per heavy atom. The van der Waals surface area contributed by atoms with E-state index in [1.807, 2.05) is 23.7 Å². The van der Waals surface area contributed by atoms with Crippen LogP contribution in [0.25, 0.3) is 11.0 Å². The molecule has 0 saturated heterocycles. The summed E-state index contributed by atoms with van der Waals surface area (Å²) >= 11 is 12.5. The first-order valence-electron chi connectivity index (χ1n) is 11.8. The number of aryl methyl sites for hydroxylation is 1. The predicted molar refractivity (Wildman–Crippen MR) is 135 cm³/mol. The number of carbonyl (C=O) groups excluding carboxylic acids is 2. The normalized spacial score (nSPS) is 14.1. The van der Waals surface area contributed by atoms with E-state index in [0.717, 1.165) is 23.9 Å². The summed E-state index contributed by atoms with van der Waals surface area (Å²) in [5.74, 6) is 0.614. The van der Waals surface area contributed by atoms with Crippen LogP contribution < -0.4 is 5.62 Å². The molecule has 1 aromatic heterocycles. The Bertz CT molecular complexity index is 1240. The van der Waals surface area contributed by atoms with Gasteiger partial charge in [-0.05, 0) is 61.6 Å². The summed E-state index contributed by atoms with van der Waals surface area (Å²) in [4.78, 5) is 27.3. The number of nitrogens with one attached hydrogen (secondary N) is 1. The van der Waals surface area contributed by atoms with Crippen LogP contribution in [0, 0.1) is 11.3 Å². The maximum Gasteiger partial charge on any atom is 0.222 e. The van der Waals surface area contributed by atoms with Crippen molar-refractivity contribution >= 4 is 45.9 Å². The van der Waals surface area contributed by atoms with Crippen LogP contribution in [0.5, 0.6) is 0 Å². The van der Waals surface area contributed by atoms with Gasteiger partial charge in [-0.25, -0.2) is 0 Å². The molecule has 1 heterocycles. The lowest BCUT2D eigenvalue weighted by molar-refractivity contribution is -0.130. The number of imidazole rings is 1. The van der Waals surface area contributed by atoms with Crippen molar-refractivity contribution in [3.05, 3.63) is 63.7 Å². The number of nitrogens with zero attached hydrogens (tertiary/aromatic N) is 3. The van der Waals surface area contributed by atoms with Gasteiger partial charge in [0.25, 0.3) is 0 Å². The number of halogens is 2. The molecule has 180 valence electrons. The molecule has 34 heavy (non-hydrogen) atoms. The number of carbonyl (C=O) groups is 2. The second kappa shape index (κ2) is 10.8. The van der Waals surface area contributed by atoms with Crippen LogP contribution in [0.1, 0.15) is 48.9 Å². The van der Waals surface area contributed by atoms with Crippen molar-refractivity contribution in [2.75, 3.05) is 13.6 Å². The van der Waals surface area contributed by atoms with Crippen LogP contribution in [-0.4, -0.2) is 39.3 Å². The lowest BCUT2D eigenvalue weighted by Crippen LogP contribution is -2.31. The number of hydrogen-bond acceptors (Lipinski definition) is 3. The third kappa shape index (κ3) is 5.39. The zero-order valence-corrected chi connectivity index (χ0v) is 20.9. The first-order valence-corrected chi connectivity index (χ1v) is 12.6. The third-order valence-electron chi connectivity index (χ3n) is 6.74. The molecule has 4 rings (SSSR count). The number of ketones is 1. The highest BCUT2D eigenvalue weighted by Crippen LogP contribution is 2.28. The van der Waals surface area contributed by atoms with Crippen LogP contribution in [0.2, 0.25) is 10.0 Å². The molecule has 1 saturated carbocycles. The van der Waals surface area contributed by atoms with E-state index in [1.54, 1.807) is 39.8 Å². The fourth-order valence-electron chi connectivity index (χ4n) is 4.81. The number of hydrogen-bond donors (Lipinski definition) is 1. The molecule has 8 heteroatoms. The third-order valence-corrected chi connectivity index (χ3v) is 7.30. The van der Waals surface area contributed by atoms with Crippen molar-refractivity contribution in [2.24, 2.45) is 5.92 Å². The molecule has 1 N–H and O–H groups in total. The first kappa shape index (κ1) is 24.6. The predicted octanol–water partition coefficient (Wildman–Crippen LogP) is 5.54. The van der Waals surface area contributed by atoms with Crippen molar-refractivity contribution in [1.82, 2.24) is 14.0 Å². The van der Waals surface area contributed by atoms with Crippen molar-refractivity contribution in [3.63, 3.8) is 0 Å². The van der Waals surface area contributed by atoms with Gasteiger partial charge >= 0.3 is 0 Å². The quantitative estimate of drug-likeness (QED) is 0.391. The monoisotopic (exact) mass is 500 g/mol. The first-order chi connectivity index (χ1) is 16.3. The minimum atomic E-state index is -0.105. The molecule has 0 spiro atoms. The molecule has 0 aliphatic heterocycles. The highest BCUT2D eigenvalue weighted by molar-refractivity contribution is 6.35. The van der Waals surface area contributed by atoms with Gasteiger partial charge in [-0.1, -0.05) is 42.1 Å². The standard InChI is InChI=1S/C26H30Cl2N4O2/c1-30(24(34)16-18-6-2-3-7-18)14-5-15-31-25-21(28)8-4-9-22(25)32(26(31)29)17-23(33)19-10-12-20(27)13-11-19/h4,8-13,18,29H,2-3,5-7,14-17H2,1H3. The zero-order valence-electron chi connectivity index (χ0n) is 19.4. The molecule has 0 atom stereocenters. The van der Waals surface area contributed by atoms with Gasteiger partial charge in [0, 0.05) is 37.1 Å². The Labute approximate surface area is 209 Å². The van der Waals surface area contributed by atoms with Gasteiger partial charge in [-0.3, -0.25) is 15.0 Å². The topological polar surface area (TPSA) is 71.1 Å². The number of benzene rings is 2. The van der Waals surface area contributed by atoms with E-state index in [4.69, 9.17) is 28.6 Å². The Kier molecular flexibility index (Phi) is 7.79. The molecule has 0 bridgehead atoms. The van der Waals surface area contributed by atoms with Gasteiger partial charge in [-0.15, -0.1) is 0 Å². The summed E-state index contributed by atoms with van der Waals surface area (Å²) in [6, 6.07) is 12.3. The van der Waals surface area contributed by atoms with Gasteiger partial charge in [0.05, 0.1) is 22.6 Å². The Morgan fingerprint density at radius 3 is 2.47 bits per heavy atom. The summed E-state index contributed by atoms with van der Waals surface area (Å²) in [5.41, 5.74) is 2.23. The van der Waals surface area contributed by atoms with E-state index >= 15 is 0 Å². The number of para-hydroxylation sites is 1. The fraction of sp³-hybridized carbons (Fsp3) is 0.423. The second-order valence-electron chi connectivity index (χ2n) is 9.12. The minimum Gasteiger partial charge on any atom is -0.346 e. The SMILES string of the molecule is CN(CCCn1c(=N)n(CC(=O)c2ccc(Cl)cc2)c2cccc(Cl)c21)C(=O)CC1CCCC1. The highest BCUT2D eigenvalue weighted by atomic mass is 35.5. The average Bonchev–Trinajstić information content (AvgIpc) is 3.42. The lowest BCUT2D eigenvalue weighted by Gasteiger charge is -2.19. The van der Waals surface area contributed by atoms with Crippen LogP contribution in [0.3, 0.4) is 0 Å². The van der Waals surface area contributed by atoms with Gasteiger partial charge in [0.15, 0.2) is 5.78 Å². The van der Waals surface area contributed by atoms with Gasteiger partial charge in [-0.2, -0.15) is 0 Å². The van der Waals surface area contributed by atoms with E-state index < -0.39 is 0 Å². The number of fused-ring (bicyclic) bond motifs is 1. The Hall–Kier alpha value is -2.57. The van der Waals surface area contributed by atoms with Crippen LogP contribution >= 0.6 is 23.2 Å². The van der Waals surface area contributed by atoms with E-state index in [0.29, 0.717) is 47.5 Å². The maximum atomic E-state index is 12.9.